The Bertz CT molecular complexity index is 762. The molecule has 4 nitrogen and oxygen atoms in total. The normalized spacial score (nSPS) is 11.8. The van der Waals surface area contributed by atoms with Gasteiger partial charge in [0, 0.05) is 10.9 Å². The zero-order chi connectivity index (χ0) is 15.0. The van der Waals surface area contributed by atoms with E-state index in [9.17, 15) is 13.2 Å². The number of hydrogen-bond acceptors (Lipinski definition) is 5. The van der Waals surface area contributed by atoms with Gasteiger partial charge in [-0.3, -0.25) is 0 Å². The average molecular weight is 311 g/mol. The molecule has 108 valence electrons. The molecule has 0 aliphatic rings. The van der Waals surface area contributed by atoms with Gasteiger partial charge in [0.25, 0.3) is 5.89 Å². The van der Waals surface area contributed by atoms with Gasteiger partial charge in [-0.25, -0.2) is 4.98 Å². The van der Waals surface area contributed by atoms with Crippen molar-refractivity contribution in [2.75, 3.05) is 0 Å². The molecule has 0 atom stereocenters. The van der Waals surface area contributed by atoms with Crippen molar-refractivity contribution in [3.63, 3.8) is 0 Å². The first-order valence-corrected chi connectivity index (χ1v) is 6.75. The van der Waals surface area contributed by atoms with Gasteiger partial charge < -0.3 is 4.52 Å². The third kappa shape index (κ3) is 2.80. The van der Waals surface area contributed by atoms with E-state index in [1.165, 1.54) is 23.5 Å². The number of aromatic nitrogens is 3. The highest BCUT2D eigenvalue weighted by Crippen LogP contribution is 2.31. The van der Waals surface area contributed by atoms with Crippen molar-refractivity contribution >= 4 is 11.3 Å². The Labute approximate surface area is 121 Å². The van der Waals surface area contributed by atoms with Gasteiger partial charge in [-0.15, -0.1) is 11.3 Å². The minimum Gasteiger partial charge on any atom is -0.334 e. The molecule has 0 saturated carbocycles. The fourth-order valence-electron chi connectivity index (χ4n) is 1.71. The molecule has 8 heteroatoms. The zero-order valence-corrected chi connectivity index (χ0v) is 11.5. The molecule has 21 heavy (non-hydrogen) atoms. The first kappa shape index (κ1) is 13.7. The minimum atomic E-state index is -4.36. The summed E-state index contributed by atoms with van der Waals surface area (Å²) in [7, 11) is 0. The van der Waals surface area contributed by atoms with Crippen molar-refractivity contribution in [3.05, 3.63) is 40.2 Å². The Balaban J connectivity index is 1.90. The summed E-state index contributed by atoms with van der Waals surface area (Å²) in [5.74, 6) is 0.471. The van der Waals surface area contributed by atoms with Gasteiger partial charge in [-0.1, -0.05) is 5.16 Å². The Morgan fingerprint density at radius 3 is 2.38 bits per heavy atom. The van der Waals surface area contributed by atoms with Crippen molar-refractivity contribution in [3.8, 4) is 23.0 Å². The number of thiazole rings is 1. The fourth-order valence-corrected chi connectivity index (χ4v) is 2.30. The van der Waals surface area contributed by atoms with Crippen LogP contribution in [0.2, 0.25) is 0 Å². The standard InChI is InChI=1S/C13H8F3N3OS/c1-7-17-10(6-21-7)11-18-12(20-19-11)8-2-4-9(5-3-8)13(14,15)16/h2-6H,1H3. The molecule has 0 bridgehead atoms. The van der Waals surface area contributed by atoms with Crippen LogP contribution in [0.25, 0.3) is 23.0 Å². The molecule has 0 fully saturated rings. The van der Waals surface area contributed by atoms with Crippen molar-refractivity contribution < 1.29 is 17.7 Å². The Morgan fingerprint density at radius 1 is 1.10 bits per heavy atom. The van der Waals surface area contributed by atoms with Crippen LogP contribution in [0.3, 0.4) is 0 Å². The van der Waals surface area contributed by atoms with Crippen LogP contribution < -0.4 is 0 Å². The van der Waals surface area contributed by atoms with Crippen LogP contribution in [0.1, 0.15) is 10.6 Å². The molecule has 2 aromatic heterocycles. The lowest BCUT2D eigenvalue weighted by Crippen LogP contribution is -2.03. The van der Waals surface area contributed by atoms with E-state index in [0.29, 0.717) is 17.1 Å². The third-order valence-electron chi connectivity index (χ3n) is 2.73. The van der Waals surface area contributed by atoms with E-state index in [1.807, 2.05) is 6.92 Å². The van der Waals surface area contributed by atoms with E-state index >= 15 is 0 Å². The SMILES string of the molecule is Cc1nc(-c2noc(-c3ccc(C(F)(F)F)cc3)n2)cs1. The van der Waals surface area contributed by atoms with Gasteiger partial charge in [0.1, 0.15) is 5.69 Å². The molecular formula is C13H8F3N3OS. The maximum absolute atomic E-state index is 12.5. The minimum absolute atomic E-state index is 0.157. The molecule has 3 rings (SSSR count). The first-order chi connectivity index (χ1) is 9.93. The lowest BCUT2D eigenvalue weighted by atomic mass is 10.1. The number of aryl methyl sites for hydroxylation is 1. The van der Waals surface area contributed by atoms with Crippen molar-refractivity contribution in [2.45, 2.75) is 13.1 Å². The summed E-state index contributed by atoms with van der Waals surface area (Å²) < 4.78 is 42.5. The highest BCUT2D eigenvalue weighted by Gasteiger charge is 2.30. The largest absolute Gasteiger partial charge is 0.416 e. The number of rotatable bonds is 2. The predicted molar refractivity (Wildman–Crippen MR) is 70.6 cm³/mol. The van der Waals surface area contributed by atoms with Gasteiger partial charge >= 0.3 is 6.18 Å². The second-order valence-corrected chi connectivity index (χ2v) is 5.31. The van der Waals surface area contributed by atoms with Crippen LogP contribution in [-0.2, 0) is 6.18 Å². The second-order valence-electron chi connectivity index (χ2n) is 4.25. The van der Waals surface area contributed by atoms with E-state index in [0.717, 1.165) is 17.1 Å². The zero-order valence-electron chi connectivity index (χ0n) is 10.7. The second kappa shape index (κ2) is 4.96. The van der Waals surface area contributed by atoms with Crippen molar-refractivity contribution in [1.29, 1.82) is 0 Å². The van der Waals surface area contributed by atoms with Crippen LogP contribution in [-0.4, -0.2) is 15.1 Å². The van der Waals surface area contributed by atoms with E-state index in [-0.39, 0.29) is 5.89 Å². The van der Waals surface area contributed by atoms with E-state index in [1.54, 1.807) is 5.38 Å². The van der Waals surface area contributed by atoms with Gasteiger partial charge in [0.05, 0.1) is 10.6 Å². The predicted octanol–water partition coefficient (Wildman–Crippen LogP) is 4.19. The van der Waals surface area contributed by atoms with E-state index in [4.69, 9.17) is 4.52 Å². The number of halogens is 3. The molecule has 0 amide bonds. The molecule has 0 spiro atoms. The molecule has 0 N–H and O–H groups in total. The van der Waals surface area contributed by atoms with Crippen LogP contribution >= 0.6 is 11.3 Å². The highest BCUT2D eigenvalue weighted by molar-refractivity contribution is 7.09. The number of alkyl halides is 3. The van der Waals surface area contributed by atoms with E-state index < -0.39 is 11.7 Å². The third-order valence-corrected chi connectivity index (χ3v) is 3.51. The van der Waals surface area contributed by atoms with Crippen LogP contribution in [0.5, 0.6) is 0 Å². The average Bonchev–Trinajstić information content (AvgIpc) is 3.06. The maximum atomic E-state index is 12.5. The quantitative estimate of drug-likeness (QED) is 0.712. The smallest absolute Gasteiger partial charge is 0.334 e. The molecule has 0 aliphatic carbocycles. The van der Waals surface area contributed by atoms with Gasteiger partial charge in [-0.2, -0.15) is 18.2 Å². The summed E-state index contributed by atoms with van der Waals surface area (Å²) in [6.45, 7) is 1.85. The molecule has 0 aliphatic heterocycles. The van der Waals surface area contributed by atoms with Crippen LogP contribution in [0.15, 0.2) is 34.2 Å². The Morgan fingerprint density at radius 2 is 1.81 bits per heavy atom. The number of hydrogen-bond donors (Lipinski definition) is 0. The monoisotopic (exact) mass is 311 g/mol. The van der Waals surface area contributed by atoms with Gasteiger partial charge in [-0.05, 0) is 31.2 Å². The molecule has 0 radical (unpaired) electrons. The topological polar surface area (TPSA) is 51.8 Å². The molecule has 1 aromatic carbocycles. The number of nitrogens with zero attached hydrogens (tertiary/aromatic N) is 3. The Hall–Kier alpha value is -2.22. The Kier molecular flexibility index (Phi) is 3.25. The van der Waals surface area contributed by atoms with Crippen LogP contribution in [0, 0.1) is 6.92 Å². The fraction of sp³-hybridized carbons (Fsp3) is 0.154. The summed E-state index contributed by atoms with van der Waals surface area (Å²) in [4.78, 5) is 8.36. The van der Waals surface area contributed by atoms with Crippen molar-refractivity contribution in [2.24, 2.45) is 0 Å². The van der Waals surface area contributed by atoms with Gasteiger partial charge in [0.15, 0.2) is 0 Å². The lowest BCUT2D eigenvalue weighted by molar-refractivity contribution is -0.137. The maximum Gasteiger partial charge on any atom is 0.416 e. The lowest BCUT2D eigenvalue weighted by Gasteiger charge is -2.05. The summed E-state index contributed by atoms with van der Waals surface area (Å²) >= 11 is 1.45. The molecule has 0 saturated heterocycles. The summed E-state index contributed by atoms with van der Waals surface area (Å²) in [5.41, 5.74) is 0.286. The molecule has 3 aromatic rings. The summed E-state index contributed by atoms with van der Waals surface area (Å²) in [6, 6.07) is 4.55. The van der Waals surface area contributed by atoms with Crippen molar-refractivity contribution in [1.82, 2.24) is 15.1 Å². The molecule has 2 heterocycles. The highest BCUT2D eigenvalue weighted by atomic mass is 32.1. The van der Waals surface area contributed by atoms with Gasteiger partial charge in [0.2, 0.25) is 5.82 Å². The first-order valence-electron chi connectivity index (χ1n) is 5.87. The number of benzene rings is 1. The summed E-state index contributed by atoms with van der Waals surface area (Å²) in [5, 5.41) is 6.44. The van der Waals surface area contributed by atoms with Crippen LogP contribution in [0.4, 0.5) is 13.2 Å². The summed E-state index contributed by atoms with van der Waals surface area (Å²) in [6.07, 6.45) is -4.36. The molecular weight excluding hydrogens is 303 g/mol. The van der Waals surface area contributed by atoms with E-state index in [2.05, 4.69) is 15.1 Å². The molecule has 0 unspecified atom stereocenters.